The lowest BCUT2D eigenvalue weighted by Crippen LogP contribution is -2.45. The Hall–Kier alpha value is -1.95. The Morgan fingerprint density at radius 2 is 2.10 bits per heavy atom. The summed E-state index contributed by atoms with van der Waals surface area (Å²) in [5.41, 5.74) is 6.76. The fourth-order valence-corrected chi connectivity index (χ4v) is 3.00. The van der Waals surface area contributed by atoms with E-state index in [2.05, 4.69) is 15.5 Å². The molecule has 0 aliphatic heterocycles. The number of hydrogen-bond donors (Lipinski definition) is 2. The number of nitrogens with zero attached hydrogens (tertiary/aromatic N) is 3. The van der Waals surface area contributed by atoms with Crippen LogP contribution in [0.3, 0.4) is 0 Å². The Balaban J connectivity index is 1.58. The quantitative estimate of drug-likeness (QED) is 0.890. The van der Waals surface area contributed by atoms with Gasteiger partial charge in [-0.2, -0.15) is 0 Å². The first-order valence-electron chi connectivity index (χ1n) is 7.51. The molecular formula is C15H21N5O. The molecule has 2 aromatic heterocycles. The van der Waals surface area contributed by atoms with Crippen molar-refractivity contribution in [1.82, 2.24) is 19.9 Å². The molecule has 0 radical (unpaired) electrons. The summed E-state index contributed by atoms with van der Waals surface area (Å²) in [6.07, 6.45) is 7.64. The lowest BCUT2D eigenvalue weighted by molar-refractivity contribution is -0.122. The lowest BCUT2D eigenvalue weighted by atomic mass is 9.80. The van der Waals surface area contributed by atoms with Gasteiger partial charge < -0.3 is 11.1 Å². The van der Waals surface area contributed by atoms with Crippen molar-refractivity contribution in [3.05, 3.63) is 30.2 Å². The van der Waals surface area contributed by atoms with E-state index in [4.69, 9.17) is 5.73 Å². The van der Waals surface area contributed by atoms with Gasteiger partial charge in [-0.15, -0.1) is 10.2 Å². The first-order valence-corrected chi connectivity index (χ1v) is 7.51. The Bertz CT molecular complexity index is 630. The van der Waals surface area contributed by atoms with Gasteiger partial charge in [0.25, 0.3) is 0 Å². The molecule has 0 saturated heterocycles. The third-order valence-corrected chi connectivity index (χ3v) is 4.19. The molecule has 0 spiro atoms. The minimum Gasteiger partial charge on any atom is -0.349 e. The first-order chi connectivity index (χ1) is 10.2. The highest BCUT2D eigenvalue weighted by molar-refractivity contribution is 5.77. The predicted molar refractivity (Wildman–Crippen MR) is 79.5 cm³/mol. The number of hydrogen-bond acceptors (Lipinski definition) is 4. The Labute approximate surface area is 123 Å². The Morgan fingerprint density at radius 3 is 2.90 bits per heavy atom. The van der Waals surface area contributed by atoms with Crippen LogP contribution in [-0.2, 0) is 11.3 Å². The van der Waals surface area contributed by atoms with E-state index >= 15 is 0 Å². The van der Waals surface area contributed by atoms with E-state index in [1.54, 1.807) is 0 Å². The van der Waals surface area contributed by atoms with Gasteiger partial charge in [0.15, 0.2) is 11.5 Å². The van der Waals surface area contributed by atoms with E-state index in [1.165, 1.54) is 6.42 Å². The molecule has 1 aliphatic carbocycles. The third kappa shape index (κ3) is 3.21. The van der Waals surface area contributed by atoms with Gasteiger partial charge in [-0.1, -0.05) is 25.3 Å². The maximum absolute atomic E-state index is 12.1. The summed E-state index contributed by atoms with van der Waals surface area (Å²) in [6.45, 7) is 0.375. The van der Waals surface area contributed by atoms with Crippen LogP contribution < -0.4 is 11.1 Å². The van der Waals surface area contributed by atoms with Crippen LogP contribution in [0, 0.1) is 0 Å². The van der Waals surface area contributed by atoms with Gasteiger partial charge >= 0.3 is 0 Å². The molecule has 1 saturated carbocycles. The molecule has 0 unspecified atom stereocenters. The minimum atomic E-state index is -0.324. The average molecular weight is 287 g/mol. The Morgan fingerprint density at radius 1 is 1.29 bits per heavy atom. The summed E-state index contributed by atoms with van der Waals surface area (Å²) in [7, 11) is 0. The van der Waals surface area contributed by atoms with Crippen LogP contribution in [0.25, 0.3) is 5.65 Å². The molecule has 0 atom stereocenters. The van der Waals surface area contributed by atoms with E-state index in [9.17, 15) is 4.79 Å². The van der Waals surface area contributed by atoms with Crippen LogP contribution in [0.15, 0.2) is 24.4 Å². The van der Waals surface area contributed by atoms with Gasteiger partial charge in [0.05, 0.1) is 6.54 Å². The molecule has 3 rings (SSSR count). The molecule has 2 aromatic rings. The number of carbonyl (C=O) groups is 1. The number of rotatable bonds is 4. The second-order valence-electron chi connectivity index (χ2n) is 5.92. The van der Waals surface area contributed by atoms with Crippen molar-refractivity contribution < 1.29 is 4.79 Å². The zero-order chi connectivity index (χ0) is 14.7. The van der Waals surface area contributed by atoms with Gasteiger partial charge in [0.2, 0.25) is 5.91 Å². The number of carbonyl (C=O) groups excluding carboxylic acids is 1. The van der Waals surface area contributed by atoms with Crippen molar-refractivity contribution in [1.29, 1.82) is 0 Å². The zero-order valence-corrected chi connectivity index (χ0v) is 12.1. The van der Waals surface area contributed by atoms with Crippen molar-refractivity contribution in [2.24, 2.45) is 5.73 Å². The molecule has 1 fully saturated rings. The lowest BCUT2D eigenvalue weighted by Gasteiger charge is -2.32. The van der Waals surface area contributed by atoms with Crippen LogP contribution in [0.2, 0.25) is 0 Å². The topological polar surface area (TPSA) is 85.3 Å². The molecule has 6 nitrogen and oxygen atoms in total. The number of fused-ring (bicyclic) bond motifs is 1. The van der Waals surface area contributed by atoms with Crippen LogP contribution in [0.5, 0.6) is 0 Å². The smallest absolute Gasteiger partial charge is 0.222 e. The fourth-order valence-electron chi connectivity index (χ4n) is 3.00. The number of pyridine rings is 1. The van der Waals surface area contributed by atoms with Crippen LogP contribution in [-0.4, -0.2) is 26.0 Å². The summed E-state index contributed by atoms with van der Waals surface area (Å²) in [6, 6.07) is 5.71. The van der Waals surface area contributed by atoms with E-state index in [1.807, 2.05) is 28.8 Å². The summed E-state index contributed by atoms with van der Waals surface area (Å²) in [4.78, 5) is 12.1. The van der Waals surface area contributed by atoms with Gasteiger partial charge in [-0.05, 0) is 25.0 Å². The minimum absolute atomic E-state index is 0.00733. The number of aromatic nitrogens is 3. The average Bonchev–Trinajstić information content (AvgIpc) is 2.89. The molecule has 1 amide bonds. The molecular weight excluding hydrogens is 266 g/mol. The summed E-state index contributed by atoms with van der Waals surface area (Å²) in [5.74, 6) is 0.723. The van der Waals surface area contributed by atoms with E-state index in [-0.39, 0.29) is 11.4 Å². The van der Waals surface area contributed by atoms with Crippen molar-refractivity contribution in [3.8, 4) is 0 Å². The number of amides is 1. The van der Waals surface area contributed by atoms with E-state index in [0.29, 0.717) is 13.0 Å². The fraction of sp³-hybridized carbons (Fsp3) is 0.533. The zero-order valence-electron chi connectivity index (χ0n) is 12.1. The van der Waals surface area contributed by atoms with Gasteiger partial charge in [-0.3, -0.25) is 9.20 Å². The van der Waals surface area contributed by atoms with Crippen molar-refractivity contribution in [2.75, 3.05) is 0 Å². The highest BCUT2D eigenvalue weighted by Gasteiger charge is 2.29. The standard InChI is InChI=1S/C15H21N5O/c16-15(7-3-1-4-8-15)10-14(21)17-11-13-19-18-12-6-2-5-9-20(12)13/h2,5-6,9H,1,3-4,7-8,10-11,16H2,(H,17,21). The molecule has 1 aliphatic rings. The van der Waals surface area contributed by atoms with E-state index < -0.39 is 0 Å². The van der Waals surface area contributed by atoms with Crippen molar-refractivity contribution in [2.45, 2.75) is 50.6 Å². The highest BCUT2D eigenvalue weighted by Crippen LogP contribution is 2.28. The molecule has 21 heavy (non-hydrogen) atoms. The molecule has 2 heterocycles. The Kier molecular flexibility index (Phi) is 3.88. The number of nitrogens with two attached hydrogens (primary N) is 1. The number of nitrogens with one attached hydrogen (secondary N) is 1. The predicted octanol–water partition coefficient (Wildman–Crippen LogP) is 1.40. The summed E-state index contributed by atoms with van der Waals surface area (Å²) in [5, 5.41) is 11.1. The molecule has 112 valence electrons. The van der Waals surface area contributed by atoms with Crippen molar-refractivity contribution >= 4 is 11.6 Å². The molecule has 3 N–H and O–H groups in total. The second-order valence-corrected chi connectivity index (χ2v) is 5.92. The van der Waals surface area contributed by atoms with Crippen LogP contribution >= 0.6 is 0 Å². The SMILES string of the molecule is NC1(CC(=O)NCc2nnc3ccccn23)CCCCC1. The maximum atomic E-state index is 12.1. The van der Waals surface area contributed by atoms with Gasteiger partial charge in [0.1, 0.15) is 0 Å². The maximum Gasteiger partial charge on any atom is 0.222 e. The monoisotopic (exact) mass is 287 g/mol. The third-order valence-electron chi connectivity index (χ3n) is 4.19. The largest absolute Gasteiger partial charge is 0.349 e. The molecule has 6 heteroatoms. The highest BCUT2D eigenvalue weighted by atomic mass is 16.1. The van der Waals surface area contributed by atoms with Crippen LogP contribution in [0.4, 0.5) is 0 Å². The van der Waals surface area contributed by atoms with Crippen LogP contribution in [0.1, 0.15) is 44.3 Å². The molecule has 0 aromatic carbocycles. The second kappa shape index (κ2) is 5.81. The van der Waals surface area contributed by atoms with Gasteiger partial charge in [0, 0.05) is 18.2 Å². The van der Waals surface area contributed by atoms with Gasteiger partial charge in [-0.25, -0.2) is 0 Å². The normalized spacial score (nSPS) is 17.8. The van der Waals surface area contributed by atoms with Crippen molar-refractivity contribution in [3.63, 3.8) is 0 Å². The van der Waals surface area contributed by atoms with E-state index in [0.717, 1.165) is 37.2 Å². The summed E-state index contributed by atoms with van der Waals surface area (Å²) >= 11 is 0. The first kappa shape index (κ1) is 14.0. The summed E-state index contributed by atoms with van der Waals surface area (Å²) < 4.78 is 1.87. The molecule has 0 bridgehead atoms.